The molecule has 1 N–H and O–H groups in total. The van der Waals surface area contributed by atoms with Crippen molar-refractivity contribution in [2.75, 3.05) is 6.54 Å². The predicted molar refractivity (Wildman–Crippen MR) is 28.4 cm³/mol. The van der Waals surface area contributed by atoms with Crippen molar-refractivity contribution in [3.63, 3.8) is 0 Å². The molecular weight excluding hydrogens is 160 g/mol. The summed E-state index contributed by atoms with van der Waals surface area (Å²) in [4.78, 5) is 10.3. The van der Waals surface area contributed by atoms with Crippen molar-refractivity contribution in [2.24, 2.45) is 0 Å². The van der Waals surface area contributed by atoms with Crippen LogP contribution in [-0.2, 0) is 4.79 Å². The molecule has 0 aromatic carbocycles. The number of hydrogen-bond donors (Lipinski definition) is 1. The maximum Gasteiger partial charge on any atom is 0.236 e. The van der Waals surface area contributed by atoms with Gasteiger partial charge in [0.1, 0.15) is 0 Å². The van der Waals surface area contributed by atoms with Gasteiger partial charge in [-0.2, -0.15) is 4.03 Å². The van der Waals surface area contributed by atoms with E-state index in [0.717, 1.165) is 6.54 Å². The fraction of sp³-hybridized carbons (Fsp3) is 0.667. The van der Waals surface area contributed by atoms with E-state index in [2.05, 4.69) is 21.6 Å². The molecule has 0 atom stereocenters. The number of hydrogen-bond acceptors (Lipinski definition) is 2. The van der Waals surface area contributed by atoms with Crippen LogP contribution in [0.2, 0.25) is 0 Å². The second-order valence-corrected chi connectivity index (χ2v) is 2.23. The van der Waals surface area contributed by atoms with Crippen molar-refractivity contribution >= 4 is 22.1 Å². The van der Waals surface area contributed by atoms with Gasteiger partial charge in [-0.25, -0.2) is 0 Å². The van der Waals surface area contributed by atoms with Crippen molar-refractivity contribution in [1.82, 2.24) is 9.46 Å². The average molecular weight is 165 g/mol. The van der Waals surface area contributed by atoms with E-state index in [1.165, 1.54) is 0 Å². The fourth-order valence-electron chi connectivity index (χ4n) is 0.447. The lowest BCUT2D eigenvalue weighted by atomic mass is 10.5. The largest absolute Gasteiger partial charge is 0.279 e. The van der Waals surface area contributed by atoms with Crippen molar-refractivity contribution in [3.05, 3.63) is 0 Å². The fourth-order valence-corrected chi connectivity index (χ4v) is 0.822. The van der Waals surface area contributed by atoms with Gasteiger partial charge in [0.05, 0.1) is 0 Å². The number of halogens is 1. The topological polar surface area (TPSA) is 32.3 Å². The predicted octanol–water partition coefficient (Wildman–Crippen LogP) is 0.0332. The molecule has 4 heteroatoms. The molecule has 1 aliphatic heterocycles. The van der Waals surface area contributed by atoms with Crippen molar-refractivity contribution in [1.29, 1.82) is 0 Å². The van der Waals surface area contributed by atoms with Crippen LogP contribution in [-0.4, -0.2) is 16.5 Å². The smallest absolute Gasteiger partial charge is 0.236 e. The standard InChI is InChI=1S/C3H5BrN2O/c4-6-2-1-3(7)5-6/h1-2H2,(H,5,7). The third kappa shape index (κ3) is 1.14. The maximum absolute atomic E-state index is 10.3. The number of hydrazine groups is 1. The summed E-state index contributed by atoms with van der Waals surface area (Å²) in [5.41, 5.74) is 2.53. The minimum atomic E-state index is 0.0804. The van der Waals surface area contributed by atoms with E-state index in [1.54, 1.807) is 4.03 Å². The Balaban J connectivity index is 2.40. The first-order chi connectivity index (χ1) is 3.29. The van der Waals surface area contributed by atoms with Crippen LogP contribution < -0.4 is 5.43 Å². The summed E-state index contributed by atoms with van der Waals surface area (Å²) in [6.45, 7) is 0.763. The van der Waals surface area contributed by atoms with Crippen LogP contribution in [0.25, 0.3) is 0 Å². The van der Waals surface area contributed by atoms with E-state index in [9.17, 15) is 4.79 Å². The normalized spacial score (nSPS) is 22.7. The van der Waals surface area contributed by atoms with Crippen LogP contribution in [0.3, 0.4) is 0 Å². The van der Waals surface area contributed by atoms with E-state index in [-0.39, 0.29) is 5.91 Å². The van der Waals surface area contributed by atoms with Crippen LogP contribution in [0.15, 0.2) is 0 Å². The Bertz CT molecular complexity index is 94.9. The molecule has 1 aliphatic rings. The minimum absolute atomic E-state index is 0.0804. The molecule has 0 bridgehead atoms. The Hall–Kier alpha value is -0.0900. The van der Waals surface area contributed by atoms with Crippen LogP contribution in [0.4, 0.5) is 0 Å². The van der Waals surface area contributed by atoms with Gasteiger partial charge < -0.3 is 0 Å². The second kappa shape index (κ2) is 1.79. The molecule has 0 saturated carbocycles. The number of rotatable bonds is 0. The number of carbonyl (C=O) groups excluding carboxylic acids is 1. The number of nitrogens with one attached hydrogen (secondary N) is 1. The lowest BCUT2D eigenvalue weighted by Crippen LogP contribution is -2.23. The summed E-state index contributed by atoms with van der Waals surface area (Å²) in [5.74, 6) is 0.0804. The van der Waals surface area contributed by atoms with Crippen molar-refractivity contribution in [2.45, 2.75) is 6.42 Å². The van der Waals surface area contributed by atoms with Gasteiger partial charge in [-0.15, -0.1) is 0 Å². The Morgan fingerprint density at radius 1 is 1.86 bits per heavy atom. The van der Waals surface area contributed by atoms with Gasteiger partial charge in [0.2, 0.25) is 5.91 Å². The summed E-state index contributed by atoms with van der Waals surface area (Å²) in [5, 5.41) is 0. The molecule has 0 unspecified atom stereocenters. The van der Waals surface area contributed by atoms with E-state index in [0.29, 0.717) is 6.42 Å². The lowest BCUT2D eigenvalue weighted by molar-refractivity contribution is -0.120. The highest BCUT2D eigenvalue weighted by atomic mass is 79.9. The van der Waals surface area contributed by atoms with Crippen molar-refractivity contribution < 1.29 is 4.79 Å². The first kappa shape index (κ1) is 5.05. The highest BCUT2D eigenvalue weighted by molar-refractivity contribution is 9.07. The first-order valence-electron chi connectivity index (χ1n) is 2.02. The second-order valence-electron chi connectivity index (χ2n) is 1.37. The Labute approximate surface area is 50.0 Å². The molecule has 1 saturated heterocycles. The zero-order valence-corrected chi connectivity index (χ0v) is 5.23. The third-order valence-electron chi connectivity index (χ3n) is 0.781. The zero-order chi connectivity index (χ0) is 5.28. The zero-order valence-electron chi connectivity index (χ0n) is 3.65. The molecule has 3 nitrogen and oxygen atoms in total. The number of amides is 1. The Kier molecular flexibility index (Phi) is 1.30. The summed E-state index contributed by atoms with van der Waals surface area (Å²) in [6.07, 6.45) is 0.602. The van der Waals surface area contributed by atoms with E-state index in [4.69, 9.17) is 0 Å². The quantitative estimate of drug-likeness (QED) is 0.513. The highest BCUT2D eigenvalue weighted by Gasteiger charge is 2.14. The summed E-state index contributed by atoms with van der Waals surface area (Å²) in [7, 11) is 0. The van der Waals surface area contributed by atoms with Gasteiger partial charge in [-0.1, -0.05) is 0 Å². The van der Waals surface area contributed by atoms with Gasteiger partial charge in [0.15, 0.2) is 0 Å². The first-order valence-corrected chi connectivity index (χ1v) is 2.73. The van der Waals surface area contributed by atoms with Gasteiger partial charge >= 0.3 is 0 Å². The maximum atomic E-state index is 10.3. The van der Waals surface area contributed by atoms with Crippen LogP contribution in [0.5, 0.6) is 0 Å². The lowest BCUT2D eigenvalue weighted by Gasteiger charge is -1.99. The molecular formula is C3H5BrN2O. The number of nitrogens with zero attached hydrogens (tertiary/aromatic N) is 1. The molecule has 1 rings (SSSR count). The molecule has 0 radical (unpaired) electrons. The average Bonchev–Trinajstić information content (AvgIpc) is 1.87. The van der Waals surface area contributed by atoms with Gasteiger partial charge in [-0.05, 0) is 0 Å². The minimum Gasteiger partial charge on any atom is -0.279 e. The summed E-state index contributed by atoms with van der Waals surface area (Å²) in [6, 6.07) is 0. The van der Waals surface area contributed by atoms with Crippen molar-refractivity contribution in [3.8, 4) is 0 Å². The molecule has 7 heavy (non-hydrogen) atoms. The van der Waals surface area contributed by atoms with Crippen LogP contribution >= 0.6 is 16.1 Å². The SMILES string of the molecule is O=C1CCN(Br)N1. The molecule has 1 fully saturated rings. The molecule has 1 amide bonds. The van der Waals surface area contributed by atoms with E-state index >= 15 is 0 Å². The van der Waals surface area contributed by atoms with Gasteiger partial charge in [0, 0.05) is 29.1 Å². The van der Waals surface area contributed by atoms with E-state index < -0.39 is 0 Å². The summed E-state index contributed by atoms with van der Waals surface area (Å²) < 4.78 is 1.59. The molecule has 0 spiro atoms. The monoisotopic (exact) mass is 164 g/mol. The van der Waals surface area contributed by atoms with E-state index in [1.807, 2.05) is 0 Å². The Morgan fingerprint density at radius 3 is 2.71 bits per heavy atom. The van der Waals surface area contributed by atoms with Crippen LogP contribution in [0, 0.1) is 0 Å². The molecule has 0 aliphatic carbocycles. The number of carbonyl (C=O) groups is 1. The molecule has 1 heterocycles. The molecule has 0 aromatic heterocycles. The summed E-state index contributed by atoms with van der Waals surface area (Å²) >= 11 is 3.08. The Morgan fingerprint density at radius 2 is 2.57 bits per heavy atom. The van der Waals surface area contributed by atoms with Crippen LogP contribution in [0.1, 0.15) is 6.42 Å². The third-order valence-corrected chi connectivity index (χ3v) is 1.31. The molecule has 0 aromatic rings. The van der Waals surface area contributed by atoms with Gasteiger partial charge in [-0.3, -0.25) is 10.2 Å². The van der Waals surface area contributed by atoms with Gasteiger partial charge in [0.25, 0.3) is 0 Å². The highest BCUT2D eigenvalue weighted by Crippen LogP contribution is 2.01. The molecule has 40 valence electrons.